The Balaban J connectivity index is 1.72. The first-order valence-corrected chi connectivity index (χ1v) is 8.92. The van der Waals surface area contributed by atoms with Gasteiger partial charge < -0.3 is 4.90 Å². The summed E-state index contributed by atoms with van der Waals surface area (Å²) >= 11 is 11.4. The summed E-state index contributed by atoms with van der Waals surface area (Å²) in [5.74, 6) is -0.853. The highest BCUT2D eigenvalue weighted by Gasteiger charge is 2.40. The number of halogens is 3. The molecule has 0 saturated carbocycles. The number of β-lactam (4-membered cyclic amide) rings is 1. The zero-order valence-corrected chi connectivity index (χ0v) is 14.2. The monoisotopic (exact) mass is 389 g/mol. The van der Waals surface area contributed by atoms with Crippen molar-refractivity contribution in [1.29, 1.82) is 0 Å². The highest BCUT2D eigenvalue weighted by Crippen LogP contribution is 2.25. The molecule has 1 N–H and O–H groups in total. The number of amides is 1. The molecule has 1 aromatic heterocycles. The van der Waals surface area contributed by atoms with Crippen molar-refractivity contribution >= 4 is 44.8 Å². The number of rotatable bonds is 4. The number of benzene rings is 1. The van der Waals surface area contributed by atoms with Gasteiger partial charge in [-0.3, -0.25) is 4.79 Å². The summed E-state index contributed by atoms with van der Waals surface area (Å²) in [7, 11) is -3.97. The second kappa shape index (κ2) is 6.29. The highest BCUT2D eigenvalue weighted by atomic mass is 35.5. The third kappa shape index (κ3) is 3.23. The van der Waals surface area contributed by atoms with Crippen LogP contribution in [0, 0.1) is 5.82 Å². The molecule has 0 spiro atoms. The number of nitrogens with zero attached hydrogens (tertiary/aromatic N) is 2. The molecule has 3 rings (SSSR count). The van der Waals surface area contributed by atoms with Crippen LogP contribution in [-0.4, -0.2) is 31.9 Å². The third-order valence-electron chi connectivity index (χ3n) is 3.45. The van der Waals surface area contributed by atoms with Crippen LogP contribution in [0.4, 0.5) is 10.1 Å². The van der Waals surface area contributed by atoms with Crippen molar-refractivity contribution in [3.05, 3.63) is 52.5 Å². The van der Waals surface area contributed by atoms with Gasteiger partial charge in [-0.1, -0.05) is 23.2 Å². The van der Waals surface area contributed by atoms with Crippen LogP contribution in [0.2, 0.25) is 10.2 Å². The van der Waals surface area contributed by atoms with Gasteiger partial charge in [0.1, 0.15) is 21.9 Å². The lowest BCUT2D eigenvalue weighted by Crippen LogP contribution is -2.64. The maximum absolute atomic E-state index is 12.9. The number of carbonyl (C=O) groups excluding carboxylic acids is 1. The van der Waals surface area contributed by atoms with E-state index in [1.807, 2.05) is 0 Å². The van der Waals surface area contributed by atoms with E-state index in [2.05, 4.69) is 9.71 Å². The standard InChI is InChI=1S/C14H10Cl2FN3O3S/c15-11-5-10(6-18-13(11)16)24(22,23)19-12-7-20(14(12)21)9-3-1-8(17)2-4-9/h1-6,12,19H,7H2. The predicted octanol–water partition coefficient (Wildman–Crippen LogP) is 2.22. The Morgan fingerprint density at radius 1 is 1.25 bits per heavy atom. The van der Waals surface area contributed by atoms with Gasteiger partial charge in [-0.25, -0.2) is 17.8 Å². The summed E-state index contributed by atoms with van der Waals surface area (Å²) in [5, 5.41) is -0.0229. The van der Waals surface area contributed by atoms with Crippen LogP contribution in [0.15, 0.2) is 41.4 Å². The van der Waals surface area contributed by atoms with Gasteiger partial charge in [0.2, 0.25) is 15.9 Å². The minimum absolute atomic E-state index is 0.00702. The van der Waals surface area contributed by atoms with Gasteiger partial charge in [0, 0.05) is 11.9 Å². The first-order chi connectivity index (χ1) is 11.3. The van der Waals surface area contributed by atoms with Gasteiger partial charge in [0.25, 0.3) is 0 Å². The largest absolute Gasteiger partial charge is 0.309 e. The Hall–Kier alpha value is -1.74. The van der Waals surface area contributed by atoms with E-state index < -0.39 is 27.8 Å². The molecule has 1 unspecified atom stereocenters. The van der Waals surface area contributed by atoms with Gasteiger partial charge in [-0.05, 0) is 30.3 Å². The zero-order chi connectivity index (χ0) is 17.5. The van der Waals surface area contributed by atoms with E-state index in [1.54, 1.807) is 0 Å². The average Bonchev–Trinajstić information content (AvgIpc) is 2.54. The fraction of sp³-hybridized carbons (Fsp3) is 0.143. The smallest absolute Gasteiger partial charge is 0.247 e. The molecule has 1 amide bonds. The normalized spacial score (nSPS) is 17.7. The number of sulfonamides is 1. The van der Waals surface area contributed by atoms with Crippen LogP contribution in [0.3, 0.4) is 0 Å². The molecule has 1 aromatic carbocycles. The molecule has 2 heterocycles. The molecule has 0 radical (unpaired) electrons. The van der Waals surface area contributed by atoms with Gasteiger partial charge in [-0.2, -0.15) is 4.72 Å². The predicted molar refractivity (Wildman–Crippen MR) is 87.1 cm³/mol. The van der Waals surface area contributed by atoms with Crippen LogP contribution in [0.5, 0.6) is 0 Å². The second-order valence-electron chi connectivity index (χ2n) is 5.04. The van der Waals surface area contributed by atoms with Crippen LogP contribution >= 0.6 is 23.2 Å². The van der Waals surface area contributed by atoms with Gasteiger partial charge in [0.15, 0.2) is 0 Å². The summed E-state index contributed by atoms with van der Waals surface area (Å²) < 4.78 is 39.7. The fourth-order valence-corrected chi connectivity index (χ4v) is 3.66. The van der Waals surface area contributed by atoms with Crippen molar-refractivity contribution < 1.29 is 17.6 Å². The quantitative estimate of drug-likeness (QED) is 0.642. The summed E-state index contributed by atoms with van der Waals surface area (Å²) in [4.78, 5) is 16.9. The van der Waals surface area contributed by atoms with E-state index in [1.165, 1.54) is 29.2 Å². The van der Waals surface area contributed by atoms with Crippen LogP contribution in [0.1, 0.15) is 0 Å². The zero-order valence-electron chi connectivity index (χ0n) is 11.9. The van der Waals surface area contributed by atoms with Gasteiger partial charge in [0.05, 0.1) is 11.6 Å². The lowest BCUT2D eigenvalue weighted by molar-refractivity contribution is -0.124. The minimum atomic E-state index is -3.97. The van der Waals surface area contributed by atoms with Crippen molar-refractivity contribution in [2.24, 2.45) is 0 Å². The van der Waals surface area contributed by atoms with E-state index in [4.69, 9.17) is 23.2 Å². The number of aromatic nitrogens is 1. The van der Waals surface area contributed by atoms with Crippen molar-refractivity contribution in [2.45, 2.75) is 10.9 Å². The van der Waals surface area contributed by atoms with Gasteiger partial charge >= 0.3 is 0 Å². The van der Waals surface area contributed by atoms with E-state index in [0.717, 1.165) is 12.3 Å². The number of carbonyl (C=O) groups is 1. The number of hydrogen-bond acceptors (Lipinski definition) is 4. The first-order valence-electron chi connectivity index (χ1n) is 6.68. The van der Waals surface area contributed by atoms with Crippen molar-refractivity contribution in [3.8, 4) is 0 Å². The molecule has 0 bridgehead atoms. The topological polar surface area (TPSA) is 79.4 Å². The molecule has 1 saturated heterocycles. The Morgan fingerprint density at radius 2 is 1.92 bits per heavy atom. The number of nitrogens with one attached hydrogen (secondary N) is 1. The van der Waals surface area contributed by atoms with Crippen LogP contribution < -0.4 is 9.62 Å². The van der Waals surface area contributed by atoms with Crippen molar-refractivity contribution in [2.75, 3.05) is 11.4 Å². The van der Waals surface area contributed by atoms with E-state index in [9.17, 15) is 17.6 Å². The van der Waals surface area contributed by atoms with Crippen molar-refractivity contribution in [1.82, 2.24) is 9.71 Å². The summed E-state index contributed by atoms with van der Waals surface area (Å²) in [6.07, 6.45) is 1.05. The van der Waals surface area contributed by atoms with E-state index in [-0.39, 0.29) is 21.6 Å². The molecular formula is C14H10Cl2FN3O3S. The van der Waals surface area contributed by atoms with Crippen molar-refractivity contribution in [3.63, 3.8) is 0 Å². The maximum Gasteiger partial charge on any atom is 0.247 e. The first kappa shape index (κ1) is 17.1. The van der Waals surface area contributed by atoms with Crippen LogP contribution in [0.25, 0.3) is 0 Å². The lowest BCUT2D eigenvalue weighted by Gasteiger charge is -2.38. The molecule has 6 nitrogen and oxygen atoms in total. The number of hydrogen-bond donors (Lipinski definition) is 1. The molecule has 1 fully saturated rings. The maximum atomic E-state index is 12.9. The molecule has 1 aliphatic heterocycles. The lowest BCUT2D eigenvalue weighted by atomic mass is 10.1. The number of pyridine rings is 1. The summed E-state index contributed by atoms with van der Waals surface area (Å²) in [6.45, 7) is 0.137. The highest BCUT2D eigenvalue weighted by molar-refractivity contribution is 7.89. The third-order valence-corrected chi connectivity index (χ3v) is 5.57. The van der Waals surface area contributed by atoms with Crippen LogP contribution in [-0.2, 0) is 14.8 Å². The second-order valence-corrected chi connectivity index (χ2v) is 7.52. The SMILES string of the molecule is O=C1C(NS(=O)(=O)c2cnc(Cl)c(Cl)c2)CN1c1ccc(F)cc1. The van der Waals surface area contributed by atoms with E-state index in [0.29, 0.717) is 5.69 Å². The summed E-state index contributed by atoms with van der Waals surface area (Å²) in [5.41, 5.74) is 0.494. The summed E-state index contributed by atoms with van der Waals surface area (Å²) in [6, 6.07) is 5.58. The average molecular weight is 390 g/mol. The number of anilines is 1. The molecule has 24 heavy (non-hydrogen) atoms. The van der Waals surface area contributed by atoms with Gasteiger partial charge in [-0.15, -0.1) is 0 Å². The molecule has 126 valence electrons. The minimum Gasteiger partial charge on any atom is -0.309 e. The Bertz CT molecular complexity index is 906. The van der Waals surface area contributed by atoms with E-state index >= 15 is 0 Å². The fourth-order valence-electron chi connectivity index (χ4n) is 2.17. The molecule has 2 aromatic rings. The molecule has 10 heteroatoms. The molecule has 0 aliphatic carbocycles. The molecule has 1 atom stereocenters. The molecule has 1 aliphatic rings. The Labute approximate surface area is 147 Å². The Morgan fingerprint density at radius 3 is 2.50 bits per heavy atom. The molecular weight excluding hydrogens is 380 g/mol. The Kier molecular flexibility index (Phi) is 4.48.